The number of hydrogen-bond donors (Lipinski definition) is 2. The Balaban J connectivity index is 2.08. The summed E-state index contributed by atoms with van der Waals surface area (Å²) in [5, 5.41) is 2.52. The number of aromatic nitrogens is 1. The minimum Gasteiger partial charge on any atom is -0.465 e. The minimum atomic E-state index is -1.10. The highest BCUT2D eigenvalue weighted by molar-refractivity contribution is 6.00. The fourth-order valence-corrected chi connectivity index (χ4v) is 2.41. The summed E-state index contributed by atoms with van der Waals surface area (Å²) in [5.41, 5.74) is 1.54. The number of methoxy groups -OCH3 is 1. The number of esters is 2. The van der Waals surface area contributed by atoms with E-state index in [1.54, 1.807) is 13.8 Å². The fourth-order valence-electron chi connectivity index (χ4n) is 2.41. The molecule has 1 heterocycles. The Labute approximate surface area is 149 Å². The number of rotatable bonds is 5. The molecule has 138 valence electrons. The molecular weight excluding hydrogens is 343 g/mol. The quantitative estimate of drug-likeness (QED) is 0.797. The molecule has 0 radical (unpaired) electrons. The molecule has 0 aliphatic heterocycles. The van der Waals surface area contributed by atoms with Gasteiger partial charge >= 0.3 is 11.9 Å². The molecule has 0 aliphatic rings. The molecule has 1 amide bonds. The number of ether oxygens (including phenoxy) is 2. The third-order valence-electron chi connectivity index (χ3n) is 3.80. The summed E-state index contributed by atoms with van der Waals surface area (Å²) < 4.78 is 22.7. The van der Waals surface area contributed by atoms with E-state index in [0.717, 1.165) is 0 Å². The van der Waals surface area contributed by atoms with Crippen LogP contribution in [0.4, 0.5) is 10.1 Å². The van der Waals surface area contributed by atoms with Gasteiger partial charge in [0.05, 0.1) is 12.7 Å². The van der Waals surface area contributed by atoms with Gasteiger partial charge in [-0.05, 0) is 50.6 Å². The van der Waals surface area contributed by atoms with Crippen LogP contribution in [0.15, 0.2) is 24.3 Å². The van der Waals surface area contributed by atoms with Crippen molar-refractivity contribution < 1.29 is 28.2 Å². The predicted octanol–water partition coefficient (Wildman–Crippen LogP) is 2.74. The van der Waals surface area contributed by atoms with Gasteiger partial charge in [0, 0.05) is 11.4 Å². The van der Waals surface area contributed by atoms with Gasteiger partial charge in [-0.15, -0.1) is 0 Å². The SMILES string of the molecule is COC(=O)c1c(C)[nH]c(C(=O)OC(C)C(=O)Nc2ccc(F)cc2)c1C. The van der Waals surface area contributed by atoms with Crippen LogP contribution in [0.2, 0.25) is 0 Å². The Hall–Kier alpha value is -3.16. The second-order valence-electron chi connectivity index (χ2n) is 5.66. The van der Waals surface area contributed by atoms with Crippen LogP contribution in [-0.4, -0.2) is 36.0 Å². The summed E-state index contributed by atoms with van der Waals surface area (Å²) in [7, 11) is 1.24. The highest BCUT2D eigenvalue weighted by atomic mass is 19.1. The summed E-state index contributed by atoms with van der Waals surface area (Å²) in [6.07, 6.45) is -1.10. The fraction of sp³-hybridized carbons (Fsp3) is 0.278. The van der Waals surface area contributed by atoms with Gasteiger partial charge in [-0.1, -0.05) is 0 Å². The molecule has 1 aromatic heterocycles. The Morgan fingerprint density at radius 2 is 1.73 bits per heavy atom. The standard InChI is InChI=1S/C18H19FN2O5/c1-9-14(17(23)25-4)10(2)20-15(9)18(24)26-11(3)16(22)21-13-7-5-12(19)6-8-13/h5-8,11,20H,1-4H3,(H,21,22). The van der Waals surface area contributed by atoms with Crippen molar-refractivity contribution in [3.8, 4) is 0 Å². The van der Waals surface area contributed by atoms with Crippen LogP contribution in [0.25, 0.3) is 0 Å². The zero-order valence-electron chi connectivity index (χ0n) is 14.8. The zero-order chi connectivity index (χ0) is 19.4. The molecule has 26 heavy (non-hydrogen) atoms. The van der Waals surface area contributed by atoms with Gasteiger partial charge in [0.1, 0.15) is 11.5 Å². The van der Waals surface area contributed by atoms with Crippen LogP contribution in [0.3, 0.4) is 0 Å². The van der Waals surface area contributed by atoms with E-state index in [-0.39, 0.29) is 11.3 Å². The van der Waals surface area contributed by atoms with E-state index in [1.807, 2.05) is 0 Å². The molecule has 1 atom stereocenters. The number of benzene rings is 1. The van der Waals surface area contributed by atoms with E-state index in [9.17, 15) is 18.8 Å². The van der Waals surface area contributed by atoms with Gasteiger partial charge in [0.25, 0.3) is 5.91 Å². The molecular formula is C18H19FN2O5. The Bertz CT molecular complexity index is 842. The molecule has 2 aromatic rings. The van der Waals surface area contributed by atoms with E-state index in [1.165, 1.54) is 38.3 Å². The number of aryl methyl sites for hydroxylation is 1. The molecule has 0 spiro atoms. The number of nitrogens with one attached hydrogen (secondary N) is 2. The van der Waals surface area contributed by atoms with E-state index in [2.05, 4.69) is 15.0 Å². The normalized spacial score (nSPS) is 11.6. The lowest BCUT2D eigenvalue weighted by Crippen LogP contribution is -2.30. The number of H-pyrrole nitrogens is 1. The largest absolute Gasteiger partial charge is 0.465 e. The van der Waals surface area contributed by atoms with Crippen LogP contribution in [0.1, 0.15) is 39.0 Å². The maximum atomic E-state index is 12.9. The van der Waals surface area contributed by atoms with Crippen molar-refractivity contribution >= 4 is 23.5 Å². The van der Waals surface area contributed by atoms with Crippen molar-refractivity contribution in [2.24, 2.45) is 0 Å². The lowest BCUT2D eigenvalue weighted by atomic mass is 10.1. The van der Waals surface area contributed by atoms with Gasteiger partial charge in [-0.3, -0.25) is 4.79 Å². The monoisotopic (exact) mass is 362 g/mol. The first-order chi connectivity index (χ1) is 12.2. The topological polar surface area (TPSA) is 97.5 Å². The Morgan fingerprint density at radius 1 is 1.12 bits per heavy atom. The minimum absolute atomic E-state index is 0.0735. The summed E-state index contributed by atoms with van der Waals surface area (Å²) in [6.45, 7) is 4.61. The first-order valence-electron chi connectivity index (χ1n) is 7.79. The van der Waals surface area contributed by atoms with E-state index >= 15 is 0 Å². The van der Waals surface area contributed by atoms with Crippen molar-refractivity contribution in [1.29, 1.82) is 0 Å². The molecule has 1 aromatic carbocycles. The van der Waals surface area contributed by atoms with E-state index in [0.29, 0.717) is 16.9 Å². The molecule has 0 bridgehead atoms. The number of carbonyl (C=O) groups is 3. The van der Waals surface area contributed by atoms with Gasteiger partial charge in [-0.2, -0.15) is 0 Å². The smallest absolute Gasteiger partial charge is 0.355 e. The molecule has 0 saturated carbocycles. The summed E-state index contributed by atoms with van der Waals surface area (Å²) in [4.78, 5) is 39.0. The average Bonchev–Trinajstić information content (AvgIpc) is 2.90. The second-order valence-corrected chi connectivity index (χ2v) is 5.66. The first kappa shape index (κ1) is 19.2. The highest BCUT2D eigenvalue weighted by Gasteiger charge is 2.26. The lowest BCUT2D eigenvalue weighted by molar-refractivity contribution is -0.123. The Kier molecular flexibility index (Phi) is 5.76. The number of amides is 1. The Morgan fingerprint density at radius 3 is 2.31 bits per heavy atom. The molecule has 0 aliphatic carbocycles. The third-order valence-corrected chi connectivity index (χ3v) is 3.80. The maximum Gasteiger partial charge on any atom is 0.355 e. The van der Waals surface area contributed by atoms with Crippen molar-refractivity contribution in [3.05, 3.63) is 52.6 Å². The highest BCUT2D eigenvalue weighted by Crippen LogP contribution is 2.20. The van der Waals surface area contributed by atoms with Gasteiger partial charge < -0.3 is 19.8 Å². The van der Waals surface area contributed by atoms with Crippen LogP contribution in [0, 0.1) is 19.7 Å². The number of hydrogen-bond acceptors (Lipinski definition) is 5. The molecule has 8 heteroatoms. The van der Waals surface area contributed by atoms with Crippen LogP contribution < -0.4 is 5.32 Å². The molecule has 1 unspecified atom stereocenters. The van der Waals surface area contributed by atoms with Gasteiger partial charge in [-0.25, -0.2) is 14.0 Å². The zero-order valence-corrected chi connectivity index (χ0v) is 14.8. The molecule has 2 rings (SSSR count). The van der Waals surface area contributed by atoms with Crippen molar-refractivity contribution in [1.82, 2.24) is 4.98 Å². The summed E-state index contributed by atoms with van der Waals surface area (Å²) >= 11 is 0. The lowest BCUT2D eigenvalue weighted by Gasteiger charge is -2.13. The maximum absolute atomic E-state index is 12.9. The van der Waals surface area contributed by atoms with E-state index in [4.69, 9.17) is 4.74 Å². The van der Waals surface area contributed by atoms with Crippen molar-refractivity contribution in [2.45, 2.75) is 26.9 Å². The number of aromatic amines is 1. The predicted molar refractivity (Wildman–Crippen MR) is 91.5 cm³/mol. The van der Waals surface area contributed by atoms with Crippen LogP contribution in [-0.2, 0) is 14.3 Å². The van der Waals surface area contributed by atoms with Crippen molar-refractivity contribution in [2.75, 3.05) is 12.4 Å². The van der Waals surface area contributed by atoms with Crippen LogP contribution in [0.5, 0.6) is 0 Å². The van der Waals surface area contributed by atoms with E-state index < -0.39 is 29.8 Å². The van der Waals surface area contributed by atoms with Gasteiger partial charge in [0.15, 0.2) is 6.10 Å². The first-order valence-corrected chi connectivity index (χ1v) is 7.79. The van der Waals surface area contributed by atoms with Crippen molar-refractivity contribution in [3.63, 3.8) is 0 Å². The number of anilines is 1. The molecule has 7 nitrogen and oxygen atoms in total. The second kappa shape index (κ2) is 7.81. The summed E-state index contributed by atoms with van der Waals surface area (Å²) in [6, 6.07) is 5.18. The third kappa shape index (κ3) is 4.08. The van der Waals surface area contributed by atoms with Gasteiger partial charge in [0.2, 0.25) is 0 Å². The summed E-state index contributed by atoms with van der Waals surface area (Å²) in [5.74, 6) is -2.35. The molecule has 2 N–H and O–H groups in total. The number of halogens is 1. The molecule has 0 fully saturated rings. The average molecular weight is 362 g/mol. The van der Waals surface area contributed by atoms with Crippen LogP contribution >= 0.6 is 0 Å². The molecule has 0 saturated heterocycles. The number of carbonyl (C=O) groups excluding carboxylic acids is 3.